The number of sulfonamides is 1. The van der Waals surface area contributed by atoms with Gasteiger partial charge in [0, 0.05) is 11.3 Å². The maximum absolute atomic E-state index is 12.1. The molecule has 26 heavy (non-hydrogen) atoms. The fraction of sp³-hybridized carbons (Fsp3) is 0.267. The molecule has 0 bridgehead atoms. The van der Waals surface area contributed by atoms with Gasteiger partial charge in [-0.25, -0.2) is 27.7 Å². The zero-order chi connectivity index (χ0) is 18.9. The molecule has 11 heteroatoms. The minimum Gasteiger partial charge on any atom is -0.284 e. The zero-order valence-electron chi connectivity index (χ0n) is 13.7. The van der Waals surface area contributed by atoms with Gasteiger partial charge in [-0.05, 0) is 50.4 Å². The third kappa shape index (κ3) is 3.84. The molecule has 2 heterocycles. The molecule has 2 aromatic heterocycles. The summed E-state index contributed by atoms with van der Waals surface area (Å²) in [5.74, 6) is 0.0645. The molecular formula is C15H15Br2N5O3S. The molecule has 0 saturated carbocycles. The summed E-state index contributed by atoms with van der Waals surface area (Å²) in [5.41, 5.74) is 1.37. The standard InChI is InChI=1S/C15H15Br2N5O3S/c1-2-3-7-26(24,25)21-10-6-4-5-9(8-10)11-14-18-12(16)13(17)22(14)15(23)20-19-11/h4-6,8,21H,2-3,7H2,1H3,(H,20,23). The van der Waals surface area contributed by atoms with Crippen molar-refractivity contribution in [1.29, 1.82) is 0 Å². The van der Waals surface area contributed by atoms with Crippen molar-refractivity contribution in [3.8, 4) is 11.3 Å². The topological polar surface area (TPSA) is 109 Å². The number of halogens is 2. The van der Waals surface area contributed by atoms with Crippen LogP contribution in [-0.2, 0) is 10.0 Å². The molecule has 3 aromatic rings. The third-order valence-electron chi connectivity index (χ3n) is 3.64. The van der Waals surface area contributed by atoms with E-state index in [0.717, 1.165) is 6.42 Å². The van der Waals surface area contributed by atoms with Gasteiger partial charge in [-0.2, -0.15) is 5.10 Å². The van der Waals surface area contributed by atoms with Crippen molar-refractivity contribution in [1.82, 2.24) is 19.6 Å². The lowest BCUT2D eigenvalue weighted by Crippen LogP contribution is -2.19. The molecule has 8 nitrogen and oxygen atoms in total. The maximum Gasteiger partial charge on any atom is 0.348 e. The van der Waals surface area contributed by atoms with E-state index in [1.807, 2.05) is 6.92 Å². The fourth-order valence-electron chi connectivity index (χ4n) is 2.41. The summed E-state index contributed by atoms with van der Waals surface area (Å²) in [6, 6.07) is 6.79. The summed E-state index contributed by atoms with van der Waals surface area (Å²) in [5, 5.41) is 6.50. The number of hydrogen-bond donors (Lipinski definition) is 2. The summed E-state index contributed by atoms with van der Waals surface area (Å²) in [4.78, 5) is 16.3. The van der Waals surface area contributed by atoms with E-state index in [1.165, 1.54) is 4.40 Å². The highest BCUT2D eigenvalue weighted by atomic mass is 79.9. The normalized spacial score (nSPS) is 11.8. The molecule has 0 atom stereocenters. The Bertz CT molecular complexity index is 1120. The number of benzene rings is 1. The highest BCUT2D eigenvalue weighted by Crippen LogP contribution is 2.28. The quantitative estimate of drug-likeness (QED) is 0.535. The number of nitrogens with one attached hydrogen (secondary N) is 2. The van der Waals surface area contributed by atoms with Gasteiger partial charge < -0.3 is 0 Å². The molecule has 0 spiro atoms. The van der Waals surface area contributed by atoms with E-state index in [0.29, 0.717) is 38.2 Å². The van der Waals surface area contributed by atoms with Crippen LogP contribution in [0.5, 0.6) is 0 Å². The Kier molecular flexibility index (Phi) is 5.49. The first kappa shape index (κ1) is 19.1. The molecule has 3 rings (SSSR count). The van der Waals surface area contributed by atoms with Crippen molar-refractivity contribution >= 4 is 53.2 Å². The lowest BCUT2D eigenvalue weighted by Gasteiger charge is -2.09. The van der Waals surface area contributed by atoms with Crippen LogP contribution in [0.2, 0.25) is 0 Å². The molecule has 0 saturated heterocycles. The fourth-order valence-corrected chi connectivity index (χ4v) is 4.43. The Labute approximate surface area is 166 Å². The van der Waals surface area contributed by atoms with Crippen molar-refractivity contribution in [2.75, 3.05) is 10.5 Å². The van der Waals surface area contributed by atoms with Crippen molar-refractivity contribution in [3.63, 3.8) is 0 Å². The molecule has 138 valence electrons. The third-order valence-corrected chi connectivity index (χ3v) is 6.82. The van der Waals surface area contributed by atoms with Crippen LogP contribution >= 0.6 is 31.9 Å². The van der Waals surface area contributed by atoms with E-state index in [9.17, 15) is 13.2 Å². The second kappa shape index (κ2) is 7.49. The number of aromatic amines is 1. The van der Waals surface area contributed by atoms with Crippen LogP contribution in [-0.4, -0.2) is 33.8 Å². The zero-order valence-corrected chi connectivity index (χ0v) is 17.6. The maximum atomic E-state index is 12.1. The molecule has 0 aliphatic rings. The van der Waals surface area contributed by atoms with Crippen molar-refractivity contribution in [3.05, 3.63) is 44.0 Å². The Balaban J connectivity index is 2.04. The molecule has 0 fully saturated rings. The number of unbranched alkanes of at least 4 members (excludes halogenated alkanes) is 1. The smallest absolute Gasteiger partial charge is 0.284 e. The summed E-state index contributed by atoms with van der Waals surface area (Å²) < 4.78 is 29.1. The van der Waals surface area contributed by atoms with Crippen molar-refractivity contribution in [2.45, 2.75) is 19.8 Å². The summed E-state index contributed by atoms with van der Waals surface area (Å²) in [7, 11) is -3.41. The minimum atomic E-state index is -3.41. The molecule has 1 aromatic carbocycles. The van der Waals surface area contributed by atoms with E-state index < -0.39 is 15.7 Å². The first-order valence-electron chi connectivity index (χ1n) is 7.75. The Morgan fingerprint density at radius 2 is 2.08 bits per heavy atom. The second-order valence-corrected chi connectivity index (χ2v) is 8.93. The molecule has 0 aliphatic heterocycles. The Morgan fingerprint density at radius 1 is 1.31 bits per heavy atom. The number of anilines is 1. The molecule has 0 radical (unpaired) electrons. The van der Waals surface area contributed by atoms with Gasteiger partial charge in [0.25, 0.3) is 0 Å². The van der Waals surface area contributed by atoms with Gasteiger partial charge in [-0.15, -0.1) is 0 Å². The van der Waals surface area contributed by atoms with Crippen LogP contribution < -0.4 is 10.4 Å². The predicted octanol–water partition coefficient (Wildman–Crippen LogP) is 3.15. The molecule has 0 amide bonds. The number of H-pyrrole nitrogens is 1. The first-order chi connectivity index (χ1) is 12.3. The lowest BCUT2D eigenvalue weighted by atomic mass is 10.1. The van der Waals surface area contributed by atoms with E-state index in [1.54, 1.807) is 24.3 Å². The van der Waals surface area contributed by atoms with E-state index in [-0.39, 0.29) is 5.75 Å². The number of imidazole rings is 1. The largest absolute Gasteiger partial charge is 0.348 e. The van der Waals surface area contributed by atoms with Crippen LogP contribution in [0.1, 0.15) is 19.8 Å². The van der Waals surface area contributed by atoms with Crippen molar-refractivity contribution < 1.29 is 8.42 Å². The van der Waals surface area contributed by atoms with Crippen LogP contribution in [0.3, 0.4) is 0 Å². The predicted molar refractivity (Wildman–Crippen MR) is 107 cm³/mol. The molecular weight excluding hydrogens is 490 g/mol. The average molecular weight is 505 g/mol. The van der Waals surface area contributed by atoms with E-state index in [2.05, 4.69) is 51.8 Å². The SMILES string of the molecule is CCCCS(=O)(=O)Nc1cccc(-c2n[nH]c(=O)n3c(Br)c(Br)nc23)c1. The number of rotatable bonds is 6. The summed E-state index contributed by atoms with van der Waals surface area (Å²) in [6.45, 7) is 1.93. The van der Waals surface area contributed by atoms with Gasteiger partial charge in [0.2, 0.25) is 10.0 Å². The molecule has 0 aliphatic carbocycles. The Hall–Kier alpha value is -1.72. The highest BCUT2D eigenvalue weighted by Gasteiger charge is 2.17. The second-order valence-electron chi connectivity index (χ2n) is 5.59. The highest BCUT2D eigenvalue weighted by molar-refractivity contribution is 9.13. The summed E-state index contributed by atoms with van der Waals surface area (Å²) in [6.07, 6.45) is 1.39. The number of fused-ring (bicyclic) bond motifs is 1. The van der Waals surface area contributed by atoms with Gasteiger partial charge in [0.05, 0.1) is 5.75 Å². The van der Waals surface area contributed by atoms with Crippen LogP contribution in [0.25, 0.3) is 16.9 Å². The van der Waals surface area contributed by atoms with Gasteiger partial charge in [-0.1, -0.05) is 25.5 Å². The van der Waals surface area contributed by atoms with Gasteiger partial charge in [0.15, 0.2) is 5.65 Å². The minimum absolute atomic E-state index is 0.0645. The lowest BCUT2D eigenvalue weighted by molar-refractivity contribution is 0.598. The number of aromatic nitrogens is 4. The van der Waals surface area contributed by atoms with Gasteiger partial charge in [-0.3, -0.25) is 4.72 Å². The average Bonchev–Trinajstić information content (AvgIpc) is 2.89. The molecule has 2 N–H and O–H groups in total. The van der Waals surface area contributed by atoms with Crippen LogP contribution in [0.15, 0.2) is 38.3 Å². The van der Waals surface area contributed by atoms with E-state index in [4.69, 9.17) is 0 Å². The number of nitrogens with zero attached hydrogens (tertiary/aromatic N) is 3. The molecule has 0 unspecified atom stereocenters. The Morgan fingerprint density at radius 3 is 2.81 bits per heavy atom. The van der Waals surface area contributed by atoms with E-state index >= 15 is 0 Å². The van der Waals surface area contributed by atoms with Gasteiger partial charge >= 0.3 is 5.69 Å². The van der Waals surface area contributed by atoms with Crippen LogP contribution in [0.4, 0.5) is 5.69 Å². The first-order valence-corrected chi connectivity index (χ1v) is 11.0. The van der Waals surface area contributed by atoms with Crippen LogP contribution in [0, 0.1) is 0 Å². The van der Waals surface area contributed by atoms with Gasteiger partial charge in [0.1, 0.15) is 14.9 Å². The van der Waals surface area contributed by atoms with Crippen molar-refractivity contribution in [2.24, 2.45) is 0 Å². The number of hydrogen-bond acceptors (Lipinski definition) is 5. The summed E-state index contributed by atoms with van der Waals surface area (Å²) >= 11 is 6.58. The monoisotopic (exact) mass is 503 g/mol.